The van der Waals surface area contributed by atoms with E-state index in [1.54, 1.807) is 12.1 Å². The molecule has 0 saturated carbocycles. The van der Waals surface area contributed by atoms with Crippen molar-refractivity contribution in [2.45, 2.75) is 13.8 Å². The molecule has 0 radical (unpaired) electrons. The summed E-state index contributed by atoms with van der Waals surface area (Å²) in [6.45, 7) is 2.11. The molecular weight excluding hydrogens is 314 g/mol. The molecule has 2 aromatic rings. The molecule has 1 aromatic carbocycles. The van der Waals surface area contributed by atoms with Crippen LogP contribution in [0.2, 0.25) is 0 Å². The number of benzene rings is 1. The predicted molar refractivity (Wildman–Crippen MR) is 83.2 cm³/mol. The molecule has 0 fully saturated rings. The highest BCUT2D eigenvalue weighted by atomic mass is 16.5. The van der Waals surface area contributed by atoms with Crippen LogP contribution in [0.4, 0.5) is 0 Å². The van der Waals surface area contributed by atoms with Crippen LogP contribution >= 0.6 is 0 Å². The number of carbonyl (C=O) groups is 2. The second-order valence-corrected chi connectivity index (χ2v) is 4.88. The zero-order valence-corrected chi connectivity index (χ0v) is 13.1. The number of rotatable bonds is 6. The van der Waals surface area contributed by atoms with Gasteiger partial charge in [-0.05, 0) is 48.5 Å². The molecule has 0 spiro atoms. The lowest BCUT2D eigenvalue weighted by Gasteiger charge is -2.08. The number of ketones is 1. The minimum absolute atomic E-state index is 0.0955. The first-order chi connectivity index (χ1) is 11.4. The third-order valence-corrected chi connectivity index (χ3v) is 3.07. The van der Waals surface area contributed by atoms with Gasteiger partial charge in [0.15, 0.2) is 5.78 Å². The summed E-state index contributed by atoms with van der Waals surface area (Å²) in [4.78, 5) is 23.3. The van der Waals surface area contributed by atoms with Crippen molar-refractivity contribution in [2.24, 2.45) is 0 Å². The molecule has 0 aliphatic carbocycles. The summed E-state index contributed by atoms with van der Waals surface area (Å²) < 4.78 is 6.39. The highest BCUT2D eigenvalue weighted by molar-refractivity contribution is 6.19. The van der Waals surface area contributed by atoms with Crippen molar-refractivity contribution in [1.29, 1.82) is 5.41 Å². The number of hydrogen-bond donors (Lipinski definition) is 2. The number of esters is 1. The fourth-order valence-corrected chi connectivity index (χ4v) is 2.00. The van der Waals surface area contributed by atoms with Crippen LogP contribution in [0.25, 0.3) is 5.69 Å². The van der Waals surface area contributed by atoms with Gasteiger partial charge in [-0.25, -0.2) is 9.48 Å². The van der Waals surface area contributed by atoms with Crippen molar-refractivity contribution < 1.29 is 19.4 Å². The standard InChI is InChI=1S/C15H15N5O4/c1-9(16)14(10(2)21)13(22)7-24-15(23)11-3-5-12(6-4-11)20-8-17-18-19-20/h3-6,8,16,22H,7H2,1-2H3/b14-13-,16-9?. The largest absolute Gasteiger partial charge is 0.508 e. The summed E-state index contributed by atoms with van der Waals surface area (Å²) in [5.74, 6) is -1.59. The Bertz CT molecular complexity index is 778. The first-order valence-electron chi connectivity index (χ1n) is 6.89. The number of tetrazole rings is 1. The summed E-state index contributed by atoms with van der Waals surface area (Å²) in [6.07, 6.45) is 1.42. The minimum Gasteiger partial charge on any atom is -0.508 e. The fraction of sp³-hybridized carbons (Fsp3) is 0.200. The summed E-state index contributed by atoms with van der Waals surface area (Å²) >= 11 is 0. The van der Waals surface area contributed by atoms with Gasteiger partial charge in [0.2, 0.25) is 0 Å². The Labute approximate surface area is 137 Å². The van der Waals surface area contributed by atoms with Gasteiger partial charge >= 0.3 is 5.97 Å². The Morgan fingerprint density at radius 3 is 2.42 bits per heavy atom. The van der Waals surface area contributed by atoms with Crippen LogP contribution in [0.15, 0.2) is 41.9 Å². The first kappa shape index (κ1) is 17.0. The van der Waals surface area contributed by atoms with E-state index in [0.29, 0.717) is 5.69 Å². The van der Waals surface area contributed by atoms with Crippen molar-refractivity contribution in [3.8, 4) is 5.69 Å². The minimum atomic E-state index is -0.671. The van der Waals surface area contributed by atoms with E-state index in [9.17, 15) is 14.7 Å². The molecule has 2 rings (SSSR count). The number of carbonyl (C=O) groups excluding carboxylic acids is 2. The number of aliphatic hydroxyl groups is 1. The van der Waals surface area contributed by atoms with E-state index >= 15 is 0 Å². The molecule has 0 unspecified atom stereocenters. The van der Waals surface area contributed by atoms with Gasteiger partial charge in [-0.15, -0.1) is 5.10 Å². The van der Waals surface area contributed by atoms with E-state index in [4.69, 9.17) is 10.1 Å². The van der Waals surface area contributed by atoms with Crippen LogP contribution in [-0.4, -0.2) is 49.4 Å². The van der Waals surface area contributed by atoms with Crippen LogP contribution in [-0.2, 0) is 9.53 Å². The molecule has 0 aliphatic rings. The van der Waals surface area contributed by atoms with E-state index in [0.717, 1.165) is 0 Å². The first-order valence-corrected chi connectivity index (χ1v) is 6.89. The highest BCUT2D eigenvalue weighted by Crippen LogP contribution is 2.11. The van der Waals surface area contributed by atoms with E-state index < -0.39 is 24.1 Å². The normalized spacial score (nSPS) is 11.6. The molecule has 0 bridgehead atoms. The maximum absolute atomic E-state index is 12.0. The van der Waals surface area contributed by atoms with Gasteiger partial charge in [-0.2, -0.15) is 0 Å². The van der Waals surface area contributed by atoms with Crippen LogP contribution in [0, 0.1) is 5.41 Å². The lowest BCUT2D eigenvalue weighted by molar-refractivity contribution is -0.113. The van der Waals surface area contributed by atoms with Crippen molar-refractivity contribution in [2.75, 3.05) is 6.61 Å². The number of hydrogen-bond acceptors (Lipinski definition) is 8. The number of nitrogens with one attached hydrogen (secondary N) is 1. The molecule has 9 nitrogen and oxygen atoms in total. The SMILES string of the molecule is CC(=N)/C(C(C)=O)=C(/O)COC(=O)c1ccc(-n2cnnn2)cc1. The van der Waals surface area contributed by atoms with Gasteiger partial charge in [0.25, 0.3) is 0 Å². The smallest absolute Gasteiger partial charge is 0.338 e. The summed E-state index contributed by atoms with van der Waals surface area (Å²) in [5.41, 5.74) is 0.673. The maximum Gasteiger partial charge on any atom is 0.338 e. The molecule has 124 valence electrons. The average molecular weight is 329 g/mol. The Morgan fingerprint density at radius 2 is 1.92 bits per heavy atom. The molecular formula is C15H15N5O4. The summed E-state index contributed by atoms with van der Waals surface area (Å²) in [7, 11) is 0. The van der Waals surface area contributed by atoms with Crippen LogP contribution in [0.1, 0.15) is 24.2 Å². The van der Waals surface area contributed by atoms with Gasteiger partial charge in [0, 0.05) is 5.71 Å². The average Bonchev–Trinajstić information content (AvgIpc) is 3.06. The van der Waals surface area contributed by atoms with Crippen molar-refractivity contribution in [3.63, 3.8) is 0 Å². The highest BCUT2D eigenvalue weighted by Gasteiger charge is 2.16. The lowest BCUT2D eigenvalue weighted by Crippen LogP contribution is -2.15. The molecule has 2 N–H and O–H groups in total. The number of aliphatic hydroxyl groups excluding tert-OH is 1. The number of ether oxygens (including phenoxy) is 1. The van der Waals surface area contributed by atoms with Gasteiger partial charge in [-0.1, -0.05) is 0 Å². The number of nitrogens with zero attached hydrogens (tertiary/aromatic N) is 4. The molecule has 0 aliphatic heterocycles. The Kier molecular flexibility index (Phi) is 5.15. The van der Waals surface area contributed by atoms with E-state index in [2.05, 4.69) is 15.5 Å². The molecule has 0 saturated heterocycles. The monoisotopic (exact) mass is 329 g/mol. The Hall–Kier alpha value is -3.36. The summed E-state index contributed by atoms with van der Waals surface area (Å²) in [6, 6.07) is 6.30. The maximum atomic E-state index is 12.0. The van der Waals surface area contributed by atoms with Crippen LogP contribution in [0.3, 0.4) is 0 Å². The van der Waals surface area contributed by atoms with Gasteiger partial charge < -0.3 is 15.3 Å². The summed E-state index contributed by atoms with van der Waals surface area (Å²) in [5, 5.41) is 28.0. The van der Waals surface area contributed by atoms with Crippen molar-refractivity contribution in [3.05, 3.63) is 47.5 Å². The number of aromatic nitrogens is 4. The molecule has 1 heterocycles. The molecule has 24 heavy (non-hydrogen) atoms. The molecule has 0 atom stereocenters. The van der Waals surface area contributed by atoms with Gasteiger partial charge in [0.05, 0.1) is 16.8 Å². The second kappa shape index (κ2) is 7.27. The topological polar surface area (TPSA) is 131 Å². The Balaban J connectivity index is 2.06. The van der Waals surface area contributed by atoms with Crippen LogP contribution in [0.5, 0.6) is 0 Å². The van der Waals surface area contributed by atoms with Crippen molar-refractivity contribution in [1.82, 2.24) is 20.2 Å². The third-order valence-electron chi connectivity index (χ3n) is 3.07. The number of allylic oxidation sites excluding steroid dienone is 1. The fourth-order valence-electron chi connectivity index (χ4n) is 2.00. The predicted octanol–water partition coefficient (Wildman–Crippen LogP) is 1.26. The molecule has 1 aromatic heterocycles. The lowest BCUT2D eigenvalue weighted by atomic mass is 10.1. The van der Waals surface area contributed by atoms with E-state index in [1.807, 2.05) is 0 Å². The molecule has 0 amide bonds. The quantitative estimate of drug-likeness (QED) is 0.353. The molecule has 9 heteroatoms. The zero-order valence-electron chi connectivity index (χ0n) is 13.1. The zero-order chi connectivity index (χ0) is 17.7. The Morgan fingerprint density at radius 1 is 1.25 bits per heavy atom. The number of Topliss-reactive ketones (excluding diaryl/α,β-unsaturated/α-hetero) is 1. The van der Waals surface area contributed by atoms with E-state index in [-0.39, 0.29) is 16.8 Å². The van der Waals surface area contributed by atoms with E-state index in [1.165, 1.54) is 37.0 Å². The third kappa shape index (κ3) is 3.88. The van der Waals surface area contributed by atoms with Crippen molar-refractivity contribution >= 4 is 17.5 Å². The van der Waals surface area contributed by atoms with Crippen LogP contribution < -0.4 is 0 Å². The van der Waals surface area contributed by atoms with Gasteiger partial charge in [-0.3, -0.25) is 4.79 Å². The second-order valence-electron chi connectivity index (χ2n) is 4.88. The van der Waals surface area contributed by atoms with Gasteiger partial charge in [0.1, 0.15) is 18.7 Å².